The van der Waals surface area contributed by atoms with Gasteiger partial charge in [-0.05, 0) is 12.0 Å². The van der Waals surface area contributed by atoms with Crippen molar-refractivity contribution in [1.82, 2.24) is 4.31 Å². The van der Waals surface area contributed by atoms with Crippen LogP contribution in [0, 0.1) is 5.41 Å². The van der Waals surface area contributed by atoms with Crippen molar-refractivity contribution in [3.8, 4) is 0 Å². The van der Waals surface area contributed by atoms with E-state index in [2.05, 4.69) is 4.74 Å². The molecule has 0 atom stereocenters. The summed E-state index contributed by atoms with van der Waals surface area (Å²) in [6.07, 6.45) is 0. The Bertz CT molecular complexity index is 337. The first-order chi connectivity index (χ1) is 7.14. The van der Waals surface area contributed by atoms with E-state index in [1.807, 2.05) is 13.8 Å². The molecule has 0 unspecified atom stereocenters. The van der Waals surface area contributed by atoms with Crippen LogP contribution in [0.15, 0.2) is 0 Å². The van der Waals surface area contributed by atoms with E-state index in [9.17, 15) is 13.2 Å². The number of carbonyl (C=O) groups is 1. The van der Waals surface area contributed by atoms with E-state index >= 15 is 0 Å². The van der Waals surface area contributed by atoms with Crippen LogP contribution in [0.2, 0.25) is 0 Å². The third kappa shape index (κ3) is 4.91. The van der Waals surface area contributed by atoms with Crippen LogP contribution in [0.25, 0.3) is 0 Å². The maximum absolute atomic E-state index is 11.7. The molecular weight excluding hydrogens is 232 g/mol. The molecule has 0 aliphatic heterocycles. The molecule has 0 spiro atoms. The second-order valence-electron chi connectivity index (χ2n) is 4.46. The number of nitrogens with two attached hydrogens (primary N) is 1. The highest BCUT2D eigenvalue weighted by atomic mass is 32.2. The minimum atomic E-state index is -3.61. The molecule has 0 heterocycles. The van der Waals surface area contributed by atoms with Crippen molar-refractivity contribution in [2.75, 3.05) is 33.0 Å². The number of rotatable bonds is 6. The smallest absolute Gasteiger partial charge is 0.322 e. The Morgan fingerprint density at radius 3 is 2.31 bits per heavy atom. The van der Waals surface area contributed by atoms with Crippen molar-refractivity contribution in [3.63, 3.8) is 0 Å². The molecule has 16 heavy (non-hydrogen) atoms. The summed E-state index contributed by atoms with van der Waals surface area (Å²) in [5, 5.41) is 0. The van der Waals surface area contributed by atoms with Crippen LogP contribution in [-0.2, 0) is 19.6 Å². The number of ether oxygens (including phenoxy) is 1. The number of esters is 1. The monoisotopic (exact) mass is 252 g/mol. The summed E-state index contributed by atoms with van der Waals surface area (Å²) in [6.45, 7) is 4.35. The quantitative estimate of drug-likeness (QED) is 0.638. The van der Waals surface area contributed by atoms with Crippen LogP contribution in [0.4, 0.5) is 0 Å². The predicted molar refractivity (Wildman–Crippen MR) is 61.3 cm³/mol. The lowest BCUT2D eigenvalue weighted by atomic mass is 9.94. The molecule has 0 fully saturated rings. The van der Waals surface area contributed by atoms with Crippen molar-refractivity contribution < 1.29 is 17.9 Å². The van der Waals surface area contributed by atoms with Gasteiger partial charge in [0.25, 0.3) is 0 Å². The van der Waals surface area contributed by atoms with Gasteiger partial charge in [0.2, 0.25) is 10.0 Å². The number of nitrogens with zero attached hydrogens (tertiary/aromatic N) is 1. The molecule has 96 valence electrons. The van der Waals surface area contributed by atoms with Gasteiger partial charge in [-0.1, -0.05) is 13.8 Å². The van der Waals surface area contributed by atoms with Gasteiger partial charge in [0.15, 0.2) is 5.75 Å². The molecule has 6 nitrogen and oxygen atoms in total. The van der Waals surface area contributed by atoms with Crippen molar-refractivity contribution in [1.29, 1.82) is 0 Å². The van der Waals surface area contributed by atoms with Gasteiger partial charge >= 0.3 is 5.97 Å². The summed E-state index contributed by atoms with van der Waals surface area (Å²) in [5.74, 6) is -1.40. The van der Waals surface area contributed by atoms with E-state index in [0.717, 1.165) is 11.4 Å². The number of methoxy groups -OCH3 is 1. The standard InChI is InChI=1S/C9H20N2O4S/c1-9(2,6-10)7-11(3)16(13,14)5-8(12)15-4/h5-7,10H2,1-4H3. The molecule has 7 heteroatoms. The summed E-state index contributed by atoms with van der Waals surface area (Å²) in [4.78, 5) is 10.9. The Kier molecular flexibility index (Phi) is 5.37. The number of hydrogen-bond donors (Lipinski definition) is 1. The van der Waals surface area contributed by atoms with Crippen LogP contribution < -0.4 is 5.73 Å². The zero-order valence-electron chi connectivity index (χ0n) is 10.2. The average Bonchev–Trinajstić information content (AvgIpc) is 2.16. The first kappa shape index (κ1) is 15.3. The zero-order valence-corrected chi connectivity index (χ0v) is 11.0. The van der Waals surface area contributed by atoms with Gasteiger partial charge in [0, 0.05) is 13.6 Å². The van der Waals surface area contributed by atoms with Gasteiger partial charge in [0.05, 0.1) is 7.11 Å². The van der Waals surface area contributed by atoms with Crippen molar-refractivity contribution in [3.05, 3.63) is 0 Å². The predicted octanol–water partition coefficient (Wildman–Crippen LogP) is -0.594. The zero-order chi connectivity index (χ0) is 13.0. The van der Waals surface area contributed by atoms with Crippen molar-refractivity contribution in [2.24, 2.45) is 11.1 Å². The van der Waals surface area contributed by atoms with Gasteiger partial charge in [-0.3, -0.25) is 4.79 Å². The highest BCUT2D eigenvalue weighted by Gasteiger charge is 2.27. The second kappa shape index (κ2) is 5.60. The third-order valence-corrected chi connectivity index (χ3v) is 3.89. The Labute approximate surface area is 96.8 Å². The van der Waals surface area contributed by atoms with E-state index in [1.54, 1.807) is 0 Å². The lowest BCUT2D eigenvalue weighted by Crippen LogP contribution is -2.41. The van der Waals surface area contributed by atoms with Gasteiger partial charge < -0.3 is 10.5 Å². The Hall–Kier alpha value is -0.660. The number of hydrogen-bond acceptors (Lipinski definition) is 5. The molecular formula is C9H20N2O4S. The van der Waals surface area contributed by atoms with Gasteiger partial charge in [-0.15, -0.1) is 0 Å². The summed E-state index contributed by atoms with van der Waals surface area (Å²) in [6, 6.07) is 0. The first-order valence-electron chi connectivity index (χ1n) is 4.85. The van der Waals surface area contributed by atoms with E-state index in [1.165, 1.54) is 7.05 Å². The topological polar surface area (TPSA) is 89.7 Å². The van der Waals surface area contributed by atoms with Crippen LogP contribution in [0.1, 0.15) is 13.8 Å². The molecule has 2 N–H and O–H groups in total. The molecule has 0 aromatic rings. The van der Waals surface area contributed by atoms with E-state index in [4.69, 9.17) is 5.73 Å². The Balaban J connectivity index is 4.60. The molecule has 0 aliphatic rings. The maximum atomic E-state index is 11.7. The molecule has 0 bridgehead atoms. The summed E-state index contributed by atoms with van der Waals surface area (Å²) in [7, 11) is -1.03. The Morgan fingerprint density at radius 1 is 1.44 bits per heavy atom. The molecule has 0 aliphatic carbocycles. The van der Waals surface area contributed by atoms with Crippen molar-refractivity contribution >= 4 is 16.0 Å². The lowest BCUT2D eigenvalue weighted by Gasteiger charge is -2.28. The van der Waals surface area contributed by atoms with E-state index < -0.39 is 21.7 Å². The maximum Gasteiger partial charge on any atom is 0.322 e. The highest BCUT2D eigenvalue weighted by Crippen LogP contribution is 2.16. The normalized spacial score (nSPS) is 12.9. The molecule has 0 saturated heterocycles. The average molecular weight is 252 g/mol. The SMILES string of the molecule is COC(=O)CS(=O)(=O)N(C)CC(C)(C)CN. The van der Waals surface area contributed by atoms with Crippen LogP contribution in [-0.4, -0.2) is 51.7 Å². The third-order valence-electron chi connectivity index (χ3n) is 2.21. The molecule has 0 aromatic heterocycles. The lowest BCUT2D eigenvalue weighted by molar-refractivity contribution is -0.137. The summed E-state index contributed by atoms with van der Waals surface area (Å²) >= 11 is 0. The second-order valence-corrected chi connectivity index (χ2v) is 6.53. The fourth-order valence-corrected chi connectivity index (χ4v) is 2.27. The number of sulfonamides is 1. The van der Waals surface area contributed by atoms with Gasteiger partial charge in [0.1, 0.15) is 0 Å². The molecule has 0 rings (SSSR count). The van der Waals surface area contributed by atoms with Crippen LogP contribution >= 0.6 is 0 Å². The first-order valence-corrected chi connectivity index (χ1v) is 6.46. The molecule has 0 aromatic carbocycles. The minimum Gasteiger partial charge on any atom is -0.468 e. The minimum absolute atomic E-state index is 0.267. The fraction of sp³-hybridized carbons (Fsp3) is 0.889. The molecule has 0 amide bonds. The molecule has 0 saturated carbocycles. The van der Waals surface area contributed by atoms with Crippen molar-refractivity contribution in [2.45, 2.75) is 13.8 Å². The van der Waals surface area contributed by atoms with E-state index in [0.29, 0.717) is 6.54 Å². The van der Waals surface area contributed by atoms with E-state index in [-0.39, 0.29) is 12.0 Å². The summed E-state index contributed by atoms with van der Waals surface area (Å²) in [5.41, 5.74) is 5.19. The largest absolute Gasteiger partial charge is 0.468 e. The summed E-state index contributed by atoms with van der Waals surface area (Å²) < 4.78 is 28.8. The van der Waals surface area contributed by atoms with Crippen LogP contribution in [0.5, 0.6) is 0 Å². The Morgan fingerprint density at radius 2 is 1.94 bits per heavy atom. The van der Waals surface area contributed by atoms with Gasteiger partial charge in [-0.25, -0.2) is 12.7 Å². The number of carbonyl (C=O) groups excluding carboxylic acids is 1. The highest BCUT2D eigenvalue weighted by molar-refractivity contribution is 7.89. The van der Waals surface area contributed by atoms with Gasteiger partial charge in [-0.2, -0.15) is 0 Å². The van der Waals surface area contributed by atoms with Crippen LogP contribution in [0.3, 0.4) is 0 Å². The molecule has 0 radical (unpaired) electrons. The fourth-order valence-electron chi connectivity index (χ4n) is 1.08.